The van der Waals surface area contributed by atoms with Crippen molar-refractivity contribution in [2.24, 2.45) is 4.99 Å². The molecule has 0 aliphatic heterocycles. The molecule has 6 heteroatoms. The molecule has 0 amide bonds. The van der Waals surface area contributed by atoms with Gasteiger partial charge < -0.3 is 20.5 Å². The first-order valence-corrected chi connectivity index (χ1v) is 8.84. The van der Waals surface area contributed by atoms with Gasteiger partial charge in [-0.05, 0) is 31.7 Å². The average molecular weight is 327 g/mol. The maximum Gasteiger partial charge on any atom is 0.191 e. The third-order valence-corrected chi connectivity index (χ3v) is 4.25. The Balaban J connectivity index is 2.41. The van der Waals surface area contributed by atoms with E-state index in [0.29, 0.717) is 25.7 Å². The van der Waals surface area contributed by atoms with Crippen LogP contribution < -0.4 is 10.6 Å². The van der Waals surface area contributed by atoms with Gasteiger partial charge in [-0.25, -0.2) is 4.99 Å². The number of rotatable bonds is 10. The molecule has 0 saturated heterocycles. The Bertz CT molecular complexity index is 419. The highest BCUT2D eigenvalue weighted by molar-refractivity contribution is 7.10. The minimum absolute atomic E-state index is 0.319. The van der Waals surface area contributed by atoms with E-state index in [4.69, 9.17) is 4.74 Å². The number of nitrogens with zero attached hydrogens (tertiary/aromatic N) is 1. The predicted molar refractivity (Wildman–Crippen MR) is 93.6 cm³/mol. The number of thiophene rings is 1. The summed E-state index contributed by atoms with van der Waals surface area (Å²) < 4.78 is 5.51. The third kappa shape index (κ3) is 7.24. The van der Waals surface area contributed by atoms with E-state index in [0.717, 1.165) is 30.9 Å². The number of aliphatic imine (C=N–C) groups is 1. The molecule has 126 valence electrons. The van der Waals surface area contributed by atoms with Crippen LogP contribution in [0.2, 0.25) is 0 Å². The molecule has 0 fully saturated rings. The molecule has 1 atom stereocenters. The van der Waals surface area contributed by atoms with Gasteiger partial charge in [0, 0.05) is 24.6 Å². The second kappa shape index (κ2) is 10.6. The summed E-state index contributed by atoms with van der Waals surface area (Å²) in [4.78, 5) is 5.40. The van der Waals surface area contributed by atoms with E-state index in [2.05, 4.69) is 22.5 Å². The van der Waals surface area contributed by atoms with Gasteiger partial charge >= 0.3 is 0 Å². The number of nitrogens with one attached hydrogen (secondary N) is 2. The molecule has 0 aliphatic carbocycles. The molecule has 5 nitrogen and oxygen atoms in total. The fourth-order valence-corrected chi connectivity index (χ4v) is 2.61. The molecule has 1 unspecified atom stereocenters. The highest BCUT2D eigenvalue weighted by atomic mass is 32.1. The number of ether oxygens (including phenoxy) is 1. The topological polar surface area (TPSA) is 65.9 Å². The number of hydrogen-bond donors (Lipinski definition) is 3. The van der Waals surface area contributed by atoms with Crippen LogP contribution >= 0.6 is 11.3 Å². The van der Waals surface area contributed by atoms with Crippen LogP contribution in [0.15, 0.2) is 22.5 Å². The first-order chi connectivity index (χ1) is 10.6. The minimum Gasteiger partial charge on any atom is -0.383 e. The van der Waals surface area contributed by atoms with E-state index in [1.807, 2.05) is 24.4 Å². The van der Waals surface area contributed by atoms with Crippen LogP contribution in [0.25, 0.3) is 0 Å². The minimum atomic E-state index is -0.936. The van der Waals surface area contributed by atoms with Crippen LogP contribution in [0.5, 0.6) is 0 Å². The number of aliphatic hydroxyl groups is 1. The Morgan fingerprint density at radius 2 is 2.18 bits per heavy atom. The van der Waals surface area contributed by atoms with Gasteiger partial charge in [0.1, 0.15) is 5.60 Å². The van der Waals surface area contributed by atoms with Crippen molar-refractivity contribution in [2.75, 3.05) is 32.8 Å². The Morgan fingerprint density at radius 3 is 2.82 bits per heavy atom. The largest absolute Gasteiger partial charge is 0.383 e. The highest BCUT2D eigenvalue weighted by Gasteiger charge is 2.23. The molecule has 1 heterocycles. The van der Waals surface area contributed by atoms with Crippen LogP contribution in [0, 0.1) is 0 Å². The van der Waals surface area contributed by atoms with Gasteiger partial charge in [0.15, 0.2) is 5.96 Å². The Hall–Kier alpha value is -1.11. The van der Waals surface area contributed by atoms with Gasteiger partial charge in [-0.2, -0.15) is 0 Å². The molecule has 0 saturated carbocycles. The lowest BCUT2D eigenvalue weighted by molar-refractivity contribution is 0.0711. The van der Waals surface area contributed by atoms with Crippen LogP contribution in [0.3, 0.4) is 0 Å². The van der Waals surface area contributed by atoms with E-state index < -0.39 is 5.60 Å². The predicted octanol–water partition coefficient (Wildman–Crippen LogP) is 2.33. The lowest BCUT2D eigenvalue weighted by Crippen LogP contribution is -2.40. The van der Waals surface area contributed by atoms with Gasteiger partial charge in [-0.3, -0.25) is 0 Å². The molecule has 0 bridgehead atoms. The molecular weight excluding hydrogens is 298 g/mol. The summed E-state index contributed by atoms with van der Waals surface area (Å²) in [6, 6.07) is 3.87. The first-order valence-electron chi connectivity index (χ1n) is 7.96. The maximum atomic E-state index is 10.5. The molecule has 3 N–H and O–H groups in total. The van der Waals surface area contributed by atoms with Crippen molar-refractivity contribution >= 4 is 17.3 Å². The van der Waals surface area contributed by atoms with E-state index in [1.54, 1.807) is 18.3 Å². The van der Waals surface area contributed by atoms with Crippen molar-refractivity contribution in [3.05, 3.63) is 22.4 Å². The van der Waals surface area contributed by atoms with Gasteiger partial charge in [-0.1, -0.05) is 19.4 Å². The van der Waals surface area contributed by atoms with Crippen LogP contribution in [0.4, 0.5) is 0 Å². The second-order valence-electron chi connectivity index (χ2n) is 5.34. The van der Waals surface area contributed by atoms with Gasteiger partial charge in [0.2, 0.25) is 0 Å². The monoisotopic (exact) mass is 327 g/mol. The van der Waals surface area contributed by atoms with Gasteiger partial charge in [0.05, 0.1) is 13.2 Å². The SMILES string of the molecule is CCCCOCCNC(=NCC(C)(O)c1cccs1)NCC. The van der Waals surface area contributed by atoms with Crippen LogP contribution in [-0.2, 0) is 10.3 Å². The highest BCUT2D eigenvalue weighted by Crippen LogP contribution is 2.25. The van der Waals surface area contributed by atoms with Crippen LogP contribution in [-0.4, -0.2) is 43.9 Å². The molecule has 1 rings (SSSR count). The Kier molecular flexibility index (Phi) is 9.11. The van der Waals surface area contributed by atoms with Crippen molar-refractivity contribution in [2.45, 2.75) is 39.2 Å². The molecule has 1 aromatic rings. The average Bonchev–Trinajstić information content (AvgIpc) is 3.03. The van der Waals surface area contributed by atoms with Crippen molar-refractivity contribution in [1.82, 2.24) is 10.6 Å². The summed E-state index contributed by atoms with van der Waals surface area (Å²) in [7, 11) is 0. The second-order valence-corrected chi connectivity index (χ2v) is 6.29. The molecule has 0 aliphatic rings. The molecule has 22 heavy (non-hydrogen) atoms. The summed E-state index contributed by atoms with van der Waals surface area (Å²) in [5.74, 6) is 0.707. The Morgan fingerprint density at radius 1 is 1.36 bits per heavy atom. The van der Waals surface area contributed by atoms with E-state index >= 15 is 0 Å². The molecular formula is C16H29N3O2S. The fraction of sp³-hybridized carbons (Fsp3) is 0.688. The Labute approximate surface area is 137 Å². The summed E-state index contributed by atoms with van der Waals surface area (Å²) in [5.41, 5.74) is -0.936. The third-order valence-electron chi connectivity index (χ3n) is 3.12. The molecule has 1 aromatic heterocycles. The fourth-order valence-electron chi connectivity index (χ4n) is 1.83. The van der Waals surface area contributed by atoms with Crippen molar-refractivity contribution in [3.63, 3.8) is 0 Å². The van der Waals surface area contributed by atoms with E-state index in [9.17, 15) is 5.11 Å². The number of guanidine groups is 1. The lowest BCUT2D eigenvalue weighted by Gasteiger charge is -2.20. The van der Waals surface area contributed by atoms with Crippen molar-refractivity contribution in [1.29, 1.82) is 0 Å². The number of hydrogen-bond acceptors (Lipinski definition) is 4. The van der Waals surface area contributed by atoms with Crippen molar-refractivity contribution in [3.8, 4) is 0 Å². The standard InChI is InChI=1S/C16H29N3O2S/c1-4-6-10-21-11-9-18-15(17-5-2)19-13-16(3,20)14-8-7-12-22-14/h7-8,12,20H,4-6,9-11,13H2,1-3H3,(H2,17,18,19). The zero-order valence-corrected chi connectivity index (χ0v) is 14.7. The van der Waals surface area contributed by atoms with Gasteiger partial charge in [-0.15, -0.1) is 11.3 Å². The number of unbranched alkanes of at least 4 members (excludes halogenated alkanes) is 1. The lowest BCUT2D eigenvalue weighted by atomic mass is 10.1. The van der Waals surface area contributed by atoms with Crippen molar-refractivity contribution < 1.29 is 9.84 Å². The molecule has 0 spiro atoms. The quantitative estimate of drug-likeness (QED) is 0.350. The molecule has 0 aromatic carbocycles. The van der Waals surface area contributed by atoms with Crippen LogP contribution in [0.1, 0.15) is 38.5 Å². The first kappa shape index (κ1) is 18.9. The zero-order valence-electron chi connectivity index (χ0n) is 13.9. The molecule has 0 radical (unpaired) electrons. The van der Waals surface area contributed by atoms with E-state index in [-0.39, 0.29) is 0 Å². The summed E-state index contributed by atoms with van der Waals surface area (Å²) in [6.45, 7) is 9.23. The van der Waals surface area contributed by atoms with Gasteiger partial charge in [0.25, 0.3) is 0 Å². The summed E-state index contributed by atoms with van der Waals surface area (Å²) >= 11 is 1.54. The summed E-state index contributed by atoms with van der Waals surface area (Å²) in [6.07, 6.45) is 2.24. The smallest absolute Gasteiger partial charge is 0.191 e. The van der Waals surface area contributed by atoms with E-state index in [1.165, 1.54) is 0 Å². The zero-order chi connectivity index (χ0) is 16.3. The maximum absolute atomic E-state index is 10.5. The summed E-state index contributed by atoms with van der Waals surface area (Å²) in [5, 5.41) is 18.8. The normalized spacial score (nSPS) is 14.6.